The van der Waals surface area contributed by atoms with Gasteiger partial charge in [0, 0.05) is 23.6 Å². The van der Waals surface area contributed by atoms with Gasteiger partial charge in [0.15, 0.2) is 11.5 Å². The van der Waals surface area contributed by atoms with Crippen LogP contribution in [-0.2, 0) is 0 Å². The smallest absolute Gasteiger partial charge is 0.257 e. The van der Waals surface area contributed by atoms with Crippen LogP contribution in [0.4, 0.5) is 11.5 Å². The van der Waals surface area contributed by atoms with E-state index in [1.54, 1.807) is 49.1 Å². The van der Waals surface area contributed by atoms with Gasteiger partial charge in [-0.15, -0.1) is 0 Å². The summed E-state index contributed by atoms with van der Waals surface area (Å²) in [4.78, 5) is 25.6. The molecule has 4 rings (SSSR count). The average molecular weight is 456 g/mol. The summed E-state index contributed by atoms with van der Waals surface area (Å²) < 4.78 is 5.19. The van der Waals surface area contributed by atoms with E-state index >= 15 is 0 Å². The van der Waals surface area contributed by atoms with E-state index in [1.165, 1.54) is 7.11 Å². The number of aryl methyl sites for hydroxylation is 1. The van der Waals surface area contributed by atoms with E-state index < -0.39 is 0 Å². The van der Waals surface area contributed by atoms with Gasteiger partial charge < -0.3 is 20.5 Å². The van der Waals surface area contributed by atoms with Gasteiger partial charge in [-0.1, -0.05) is 12.1 Å². The number of benzene rings is 2. The average Bonchev–Trinajstić information content (AvgIpc) is 2.84. The lowest BCUT2D eigenvalue weighted by Crippen LogP contribution is -2.13. The van der Waals surface area contributed by atoms with Crippen molar-refractivity contribution in [2.75, 3.05) is 17.7 Å². The Kier molecular flexibility index (Phi) is 6.68. The SMILES string of the molecule is COc1cc(-c2cncc(N[C@H](C)c3cccc(NC(=O)c4cncc(C)c4)c3)n2)ccc1O. The molecule has 172 valence electrons. The number of rotatable bonds is 7. The quantitative estimate of drug-likeness (QED) is 0.360. The number of anilines is 2. The van der Waals surface area contributed by atoms with Gasteiger partial charge in [-0.05, 0) is 61.4 Å². The van der Waals surface area contributed by atoms with E-state index in [1.807, 2.05) is 38.1 Å². The minimum absolute atomic E-state index is 0.0627. The third-order valence-corrected chi connectivity index (χ3v) is 5.26. The molecule has 2 heterocycles. The number of aromatic nitrogens is 3. The van der Waals surface area contributed by atoms with E-state index in [2.05, 4.69) is 25.6 Å². The van der Waals surface area contributed by atoms with E-state index in [0.29, 0.717) is 28.5 Å². The minimum atomic E-state index is -0.211. The number of methoxy groups -OCH3 is 1. The van der Waals surface area contributed by atoms with Crippen molar-refractivity contribution in [3.8, 4) is 22.8 Å². The number of carbonyl (C=O) groups is 1. The first-order valence-corrected chi connectivity index (χ1v) is 10.7. The van der Waals surface area contributed by atoms with Crippen LogP contribution in [0.3, 0.4) is 0 Å². The molecule has 34 heavy (non-hydrogen) atoms. The molecule has 2 aromatic carbocycles. The van der Waals surface area contributed by atoms with Crippen molar-refractivity contribution in [3.63, 3.8) is 0 Å². The van der Waals surface area contributed by atoms with Crippen LogP contribution in [0.25, 0.3) is 11.3 Å². The van der Waals surface area contributed by atoms with Gasteiger partial charge in [-0.25, -0.2) is 4.98 Å². The Balaban J connectivity index is 1.48. The Morgan fingerprint density at radius 1 is 1.03 bits per heavy atom. The fraction of sp³-hybridized carbons (Fsp3) is 0.154. The molecule has 8 nitrogen and oxygen atoms in total. The molecule has 0 bridgehead atoms. The van der Waals surface area contributed by atoms with Crippen molar-refractivity contribution in [3.05, 3.63) is 90.0 Å². The van der Waals surface area contributed by atoms with E-state index in [-0.39, 0.29) is 17.7 Å². The van der Waals surface area contributed by atoms with Crippen LogP contribution < -0.4 is 15.4 Å². The molecule has 1 atom stereocenters. The van der Waals surface area contributed by atoms with Gasteiger partial charge in [0.05, 0.1) is 36.8 Å². The van der Waals surface area contributed by atoms with Crippen LogP contribution >= 0.6 is 0 Å². The number of phenolic OH excluding ortho intramolecular Hbond substituents is 1. The van der Waals surface area contributed by atoms with Gasteiger partial charge in [-0.2, -0.15) is 0 Å². The van der Waals surface area contributed by atoms with Crippen LogP contribution in [0.2, 0.25) is 0 Å². The number of amides is 1. The summed E-state index contributed by atoms with van der Waals surface area (Å²) in [5.74, 6) is 0.813. The number of phenols is 1. The zero-order valence-corrected chi connectivity index (χ0v) is 19.1. The molecule has 0 unspecified atom stereocenters. The zero-order chi connectivity index (χ0) is 24.1. The Hall–Kier alpha value is -4.46. The largest absolute Gasteiger partial charge is 0.504 e. The highest BCUT2D eigenvalue weighted by molar-refractivity contribution is 6.04. The second kappa shape index (κ2) is 9.99. The summed E-state index contributed by atoms with van der Waals surface area (Å²) in [5, 5.41) is 16.1. The highest BCUT2D eigenvalue weighted by Crippen LogP contribution is 2.31. The zero-order valence-electron chi connectivity index (χ0n) is 19.1. The Labute approximate surface area is 197 Å². The molecule has 2 aromatic heterocycles. The number of nitrogens with one attached hydrogen (secondary N) is 2. The fourth-order valence-corrected chi connectivity index (χ4v) is 3.48. The second-order valence-electron chi connectivity index (χ2n) is 7.87. The van der Waals surface area contributed by atoms with Crippen LogP contribution in [0, 0.1) is 6.92 Å². The van der Waals surface area contributed by atoms with Crippen LogP contribution in [0.5, 0.6) is 11.5 Å². The van der Waals surface area contributed by atoms with Gasteiger partial charge in [0.1, 0.15) is 5.82 Å². The summed E-state index contributed by atoms with van der Waals surface area (Å²) in [5.41, 5.74) is 4.51. The molecule has 4 aromatic rings. The molecule has 0 fully saturated rings. The van der Waals surface area contributed by atoms with Crippen molar-refractivity contribution >= 4 is 17.4 Å². The maximum absolute atomic E-state index is 12.6. The molecule has 0 aliphatic heterocycles. The molecule has 1 amide bonds. The lowest BCUT2D eigenvalue weighted by atomic mass is 10.1. The summed E-state index contributed by atoms with van der Waals surface area (Å²) in [6, 6.07) is 14.4. The van der Waals surface area contributed by atoms with Crippen LogP contribution in [0.1, 0.15) is 34.5 Å². The molecule has 3 N–H and O–H groups in total. The van der Waals surface area contributed by atoms with Crippen molar-refractivity contribution in [2.45, 2.75) is 19.9 Å². The first-order valence-electron chi connectivity index (χ1n) is 10.7. The lowest BCUT2D eigenvalue weighted by Gasteiger charge is -2.17. The predicted molar refractivity (Wildman–Crippen MR) is 131 cm³/mol. The van der Waals surface area contributed by atoms with Gasteiger partial charge in [0.2, 0.25) is 0 Å². The Morgan fingerprint density at radius 2 is 1.85 bits per heavy atom. The van der Waals surface area contributed by atoms with Crippen molar-refractivity contribution in [1.82, 2.24) is 15.0 Å². The molecule has 0 saturated carbocycles. The first-order chi connectivity index (χ1) is 16.4. The Morgan fingerprint density at radius 3 is 2.65 bits per heavy atom. The van der Waals surface area contributed by atoms with Crippen LogP contribution in [-0.4, -0.2) is 33.1 Å². The summed E-state index contributed by atoms with van der Waals surface area (Å²) >= 11 is 0. The molecule has 0 saturated heterocycles. The minimum Gasteiger partial charge on any atom is -0.504 e. The predicted octanol–water partition coefficient (Wildman–Crippen LogP) is 4.99. The third-order valence-electron chi connectivity index (χ3n) is 5.26. The van der Waals surface area contributed by atoms with Crippen LogP contribution in [0.15, 0.2) is 73.3 Å². The summed E-state index contributed by atoms with van der Waals surface area (Å²) in [6.45, 7) is 3.90. The normalized spacial score (nSPS) is 11.5. The highest BCUT2D eigenvalue weighted by Gasteiger charge is 2.12. The van der Waals surface area contributed by atoms with Crippen molar-refractivity contribution in [2.24, 2.45) is 0 Å². The monoisotopic (exact) mass is 455 g/mol. The van der Waals surface area contributed by atoms with E-state index in [4.69, 9.17) is 4.74 Å². The second-order valence-corrected chi connectivity index (χ2v) is 7.87. The number of nitrogens with zero attached hydrogens (tertiary/aromatic N) is 3. The molecular formula is C26H25N5O3. The van der Waals surface area contributed by atoms with E-state index in [9.17, 15) is 9.90 Å². The lowest BCUT2D eigenvalue weighted by molar-refractivity contribution is 0.102. The molecule has 8 heteroatoms. The Bertz CT molecular complexity index is 1330. The molecular weight excluding hydrogens is 430 g/mol. The molecule has 0 spiro atoms. The van der Waals surface area contributed by atoms with Gasteiger partial charge >= 0.3 is 0 Å². The topological polar surface area (TPSA) is 109 Å². The third kappa shape index (κ3) is 5.29. The summed E-state index contributed by atoms with van der Waals surface area (Å²) in [7, 11) is 1.50. The number of pyridine rings is 1. The molecule has 0 aliphatic carbocycles. The van der Waals surface area contributed by atoms with Crippen molar-refractivity contribution in [1.29, 1.82) is 0 Å². The number of aromatic hydroxyl groups is 1. The number of ether oxygens (including phenoxy) is 1. The number of hydrogen-bond donors (Lipinski definition) is 3. The number of hydrogen-bond acceptors (Lipinski definition) is 7. The standard InChI is InChI=1S/C26H25N5O3/c1-16-9-20(13-27-12-16)26(33)30-21-6-4-5-18(10-21)17(2)29-25-15-28-14-22(31-25)19-7-8-23(32)24(11-19)34-3/h4-15,17,32H,1-3H3,(H,29,31)(H,30,33)/t17-/m1/s1. The summed E-state index contributed by atoms with van der Waals surface area (Å²) in [6.07, 6.45) is 6.55. The van der Waals surface area contributed by atoms with Crippen molar-refractivity contribution < 1.29 is 14.6 Å². The van der Waals surface area contributed by atoms with Gasteiger partial charge in [-0.3, -0.25) is 14.8 Å². The number of carbonyl (C=O) groups excluding carboxylic acids is 1. The highest BCUT2D eigenvalue weighted by atomic mass is 16.5. The maximum atomic E-state index is 12.6. The fourth-order valence-electron chi connectivity index (χ4n) is 3.48. The molecule has 0 aliphatic rings. The molecule has 0 radical (unpaired) electrons. The maximum Gasteiger partial charge on any atom is 0.257 e. The first kappa shape index (κ1) is 22.7. The van der Waals surface area contributed by atoms with Gasteiger partial charge in [0.25, 0.3) is 5.91 Å². The van der Waals surface area contributed by atoms with E-state index in [0.717, 1.165) is 16.7 Å².